The normalized spacial score (nSPS) is 14.3. The molecule has 3 aromatic rings. The highest BCUT2D eigenvalue weighted by Crippen LogP contribution is 2.34. The number of rotatable bonds is 8. The Labute approximate surface area is 166 Å². The molecule has 0 radical (unpaired) electrons. The molecule has 2 aromatic heterocycles. The van der Waals surface area contributed by atoms with E-state index < -0.39 is 17.9 Å². The molecule has 9 heteroatoms. The summed E-state index contributed by atoms with van der Waals surface area (Å²) in [5.74, 6) is -0.167. The first-order valence-corrected chi connectivity index (χ1v) is 9.34. The van der Waals surface area contributed by atoms with E-state index in [9.17, 15) is 9.59 Å². The van der Waals surface area contributed by atoms with Crippen LogP contribution in [0.5, 0.6) is 0 Å². The second kappa shape index (κ2) is 7.70. The van der Waals surface area contributed by atoms with Gasteiger partial charge in [0.25, 0.3) is 5.91 Å². The Balaban J connectivity index is 1.61. The van der Waals surface area contributed by atoms with Gasteiger partial charge in [-0.3, -0.25) is 14.6 Å². The topological polar surface area (TPSA) is 149 Å². The maximum atomic E-state index is 11.8. The van der Waals surface area contributed by atoms with Crippen molar-refractivity contribution in [3.05, 3.63) is 48.4 Å². The first-order chi connectivity index (χ1) is 14.0. The minimum absolute atomic E-state index is 0.0125. The highest BCUT2D eigenvalue weighted by atomic mass is 16.1. The Hall–Kier alpha value is -3.75. The molecule has 6 N–H and O–H groups in total. The lowest BCUT2D eigenvalue weighted by atomic mass is 10.1. The zero-order valence-electron chi connectivity index (χ0n) is 15.6. The fourth-order valence-electron chi connectivity index (χ4n) is 3.11. The third-order valence-electron chi connectivity index (χ3n) is 4.79. The number of pyridine rings is 1. The largest absolute Gasteiger partial charge is 0.368 e. The number of para-hydroxylation sites is 1. The minimum Gasteiger partial charge on any atom is -0.368 e. The van der Waals surface area contributed by atoms with Gasteiger partial charge in [0.15, 0.2) is 11.5 Å². The number of nitrogens with one attached hydrogen (secondary N) is 2. The molecule has 1 aliphatic carbocycles. The van der Waals surface area contributed by atoms with Gasteiger partial charge in [0.2, 0.25) is 5.91 Å². The summed E-state index contributed by atoms with van der Waals surface area (Å²) in [6.07, 6.45) is 5.84. The van der Waals surface area contributed by atoms with Crippen LogP contribution in [0.4, 0.5) is 17.3 Å². The molecule has 2 heterocycles. The quantitative estimate of drug-likeness (QED) is 0.458. The third-order valence-corrected chi connectivity index (χ3v) is 4.79. The van der Waals surface area contributed by atoms with Crippen molar-refractivity contribution in [2.75, 3.05) is 10.6 Å². The first kappa shape index (κ1) is 18.6. The van der Waals surface area contributed by atoms with Gasteiger partial charge in [-0.25, -0.2) is 9.97 Å². The van der Waals surface area contributed by atoms with Crippen molar-refractivity contribution in [3.63, 3.8) is 0 Å². The van der Waals surface area contributed by atoms with E-state index >= 15 is 0 Å². The van der Waals surface area contributed by atoms with Crippen molar-refractivity contribution < 1.29 is 9.59 Å². The molecule has 9 nitrogen and oxygen atoms in total. The molecule has 1 aliphatic rings. The number of carbonyl (C=O) groups is 2. The van der Waals surface area contributed by atoms with E-state index in [1.165, 1.54) is 6.20 Å². The van der Waals surface area contributed by atoms with Crippen LogP contribution in [-0.4, -0.2) is 32.8 Å². The van der Waals surface area contributed by atoms with Crippen LogP contribution in [0.2, 0.25) is 0 Å². The molecule has 29 heavy (non-hydrogen) atoms. The number of primary amides is 2. The number of hydrogen-bond acceptors (Lipinski definition) is 7. The fraction of sp³-hybridized carbons (Fsp3) is 0.250. The summed E-state index contributed by atoms with van der Waals surface area (Å²) in [5.41, 5.74) is 12.4. The lowest BCUT2D eigenvalue weighted by molar-refractivity contribution is -0.118. The van der Waals surface area contributed by atoms with Crippen molar-refractivity contribution in [1.29, 1.82) is 0 Å². The van der Waals surface area contributed by atoms with Crippen LogP contribution in [0.3, 0.4) is 0 Å². The molecule has 1 atom stereocenters. The highest BCUT2D eigenvalue weighted by Gasteiger charge is 2.28. The highest BCUT2D eigenvalue weighted by molar-refractivity contribution is 5.96. The Morgan fingerprint density at radius 3 is 2.66 bits per heavy atom. The number of benzene rings is 1. The number of aromatic nitrogens is 3. The standard InChI is InChI=1S/C20H21N7O2/c21-18(28)15(7-11-5-6-11)26-16-10-24-17(19(22)29)20(27-16)25-13-8-12-3-1-2-4-14(12)23-9-13/h1-4,8-11,15H,5-7H2,(H2,21,28)(H2,22,29)(H2,25,26,27)/t15-/m1/s1. The average molecular weight is 391 g/mol. The van der Waals surface area contributed by atoms with E-state index in [0.717, 1.165) is 23.7 Å². The molecule has 1 saturated carbocycles. The zero-order valence-corrected chi connectivity index (χ0v) is 15.6. The SMILES string of the molecule is NC(=O)c1ncc(N[C@H](CC2CC2)C(N)=O)nc1Nc1cnc2ccccc2c1. The van der Waals surface area contributed by atoms with Gasteiger partial charge in [0.05, 0.1) is 23.6 Å². The van der Waals surface area contributed by atoms with Gasteiger partial charge in [-0.05, 0) is 24.5 Å². The molecule has 4 rings (SSSR count). The maximum Gasteiger partial charge on any atom is 0.271 e. The first-order valence-electron chi connectivity index (χ1n) is 9.34. The summed E-state index contributed by atoms with van der Waals surface area (Å²) in [6, 6.07) is 8.99. The van der Waals surface area contributed by atoms with E-state index in [4.69, 9.17) is 11.5 Å². The Morgan fingerprint density at radius 1 is 1.14 bits per heavy atom. The van der Waals surface area contributed by atoms with Crippen molar-refractivity contribution in [2.45, 2.75) is 25.3 Å². The summed E-state index contributed by atoms with van der Waals surface area (Å²) in [4.78, 5) is 36.4. The third kappa shape index (κ3) is 4.40. The van der Waals surface area contributed by atoms with E-state index in [0.29, 0.717) is 23.8 Å². The van der Waals surface area contributed by atoms with Gasteiger partial charge in [0, 0.05) is 5.39 Å². The second-order valence-corrected chi connectivity index (χ2v) is 7.14. The van der Waals surface area contributed by atoms with E-state index in [1.54, 1.807) is 6.20 Å². The predicted octanol–water partition coefficient (Wildman–Crippen LogP) is 1.93. The minimum atomic E-state index is -0.718. The van der Waals surface area contributed by atoms with E-state index in [-0.39, 0.29) is 11.5 Å². The molecule has 0 aliphatic heterocycles. The van der Waals surface area contributed by atoms with Gasteiger partial charge in [0.1, 0.15) is 11.9 Å². The summed E-state index contributed by atoms with van der Waals surface area (Å²) in [6.45, 7) is 0. The number of fused-ring (bicyclic) bond motifs is 1. The fourth-order valence-corrected chi connectivity index (χ4v) is 3.11. The Kier molecular flexibility index (Phi) is 4.94. The lowest BCUT2D eigenvalue weighted by Gasteiger charge is -2.17. The molecule has 0 unspecified atom stereocenters. The Morgan fingerprint density at radius 2 is 1.93 bits per heavy atom. The van der Waals surface area contributed by atoms with Gasteiger partial charge in [-0.1, -0.05) is 31.0 Å². The van der Waals surface area contributed by atoms with E-state index in [1.807, 2.05) is 30.3 Å². The smallest absolute Gasteiger partial charge is 0.271 e. The number of nitrogens with zero attached hydrogens (tertiary/aromatic N) is 3. The molecular weight excluding hydrogens is 370 g/mol. The monoisotopic (exact) mass is 391 g/mol. The van der Waals surface area contributed by atoms with Crippen LogP contribution in [0.15, 0.2) is 42.7 Å². The van der Waals surface area contributed by atoms with Crippen LogP contribution in [0.25, 0.3) is 10.9 Å². The molecule has 2 amide bonds. The zero-order chi connectivity index (χ0) is 20.4. The van der Waals surface area contributed by atoms with Crippen molar-refractivity contribution in [1.82, 2.24) is 15.0 Å². The van der Waals surface area contributed by atoms with Gasteiger partial charge in [-0.2, -0.15) is 0 Å². The number of nitrogens with two attached hydrogens (primary N) is 2. The summed E-state index contributed by atoms with van der Waals surface area (Å²) in [7, 11) is 0. The van der Waals surface area contributed by atoms with Crippen LogP contribution < -0.4 is 22.1 Å². The molecular formula is C20H21N7O2. The Bertz CT molecular complexity index is 1080. The van der Waals surface area contributed by atoms with Gasteiger partial charge in [-0.15, -0.1) is 0 Å². The van der Waals surface area contributed by atoms with Crippen LogP contribution in [0.1, 0.15) is 29.8 Å². The summed E-state index contributed by atoms with van der Waals surface area (Å²) in [5, 5.41) is 6.99. The molecule has 148 valence electrons. The molecule has 0 spiro atoms. The van der Waals surface area contributed by atoms with Crippen molar-refractivity contribution in [3.8, 4) is 0 Å². The average Bonchev–Trinajstić information content (AvgIpc) is 3.51. The molecule has 1 aromatic carbocycles. The molecule has 0 saturated heterocycles. The number of amides is 2. The molecule has 1 fully saturated rings. The second-order valence-electron chi connectivity index (χ2n) is 7.14. The maximum absolute atomic E-state index is 11.8. The summed E-state index contributed by atoms with van der Waals surface area (Å²) >= 11 is 0. The van der Waals surface area contributed by atoms with Gasteiger partial charge < -0.3 is 22.1 Å². The number of carbonyl (C=O) groups excluding carboxylic acids is 2. The van der Waals surface area contributed by atoms with Crippen LogP contribution >= 0.6 is 0 Å². The lowest BCUT2D eigenvalue weighted by Crippen LogP contribution is -2.36. The van der Waals surface area contributed by atoms with E-state index in [2.05, 4.69) is 25.6 Å². The predicted molar refractivity (Wildman–Crippen MR) is 110 cm³/mol. The molecule has 0 bridgehead atoms. The summed E-state index contributed by atoms with van der Waals surface area (Å²) < 4.78 is 0. The van der Waals surface area contributed by atoms with Crippen molar-refractivity contribution in [2.24, 2.45) is 17.4 Å². The van der Waals surface area contributed by atoms with Gasteiger partial charge >= 0.3 is 0 Å². The number of hydrogen-bond donors (Lipinski definition) is 4. The number of anilines is 3. The van der Waals surface area contributed by atoms with Crippen LogP contribution in [-0.2, 0) is 4.79 Å². The van der Waals surface area contributed by atoms with Crippen molar-refractivity contribution >= 4 is 40.0 Å². The van der Waals surface area contributed by atoms with Crippen LogP contribution in [0, 0.1) is 5.92 Å².